The second-order valence-electron chi connectivity index (χ2n) is 6.47. The van der Waals surface area contributed by atoms with Crippen LogP contribution < -0.4 is 10.2 Å². The van der Waals surface area contributed by atoms with Crippen molar-refractivity contribution in [2.75, 3.05) is 29.9 Å². The summed E-state index contributed by atoms with van der Waals surface area (Å²) >= 11 is 0. The van der Waals surface area contributed by atoms with Gasteiger partial charge in [0.2, 0.25) is 0 Å². The Labute approximate surface area is 146 Å². The molecular weight excluding hydrogens is 314 g/mol. The van der Waals surface area contributed by atoms with E-state index in [1.807, 2.05) is 12.1 Å². The highest BCUT2D eigenvalue weighted by Crippen LogP contribution is 2.24. The molecule has 2 aromatic heterocycles. The number of aliphatic hydroxyl groups is 1. The van der Waals surface area contributed by atoms with Crippen molar-refractivity contribution in [2.45, 2.75) is 25.3 Å². The van der Waals surface area contributed by atoms with E-state index in [2.05, 4.69) is 49.6 Å². The zero-order chi connectivity index (χ0) is 17.1. The Morgan fingerprint density at radius 2 is 2.20 bits per heavy atom. The molecule has 0 unspecified atom stereocenters. The van der Waals surface area contributed by atoms with Crippen LogP contribution in [0.25, 0.3) is 10.9 Å². The van der Waals surface area contributed by atoms with Crippen LogP contribution >= 0.6 is 0 Å². The van der Waals surface area contributed by atoms with E-state index in [4.69, 9.17) is 0 Å². The van der Waals surface area contributed by atoms with E-state index >= 15 is 0 Å². The molecule has 1 aliphatic rings. The molecule has 3 heterocycles. The fraction of sp³-hybridized carbons (Fsp3) is 0.368. The summed E-state index contributed by atoms with van der Waals surface area (Å²) in [7, 11) is 0. The highest BCUT2D eigenvalue weighted by atomic mass is 16.3. The van der Waals surface area contributed by atoms with Gasteiger partial charge in [-0.3, -0.25) is 0 Å². The Balaban J connectivity index is 1.41. The molecule has 130 valence electrons. The second kappa shape index (κ2) is 7.11. The van der Waals surface area contributed by atoms with E-state index in [0.717, 1.165) is 44.0 Å². The topological polar surface area (TPSA) is 77.1 Å². The molecule has 25 heavy (non-hydrogen) atoms. The third-order valence-corrected chi connectivity index (χ3v) is 4.91. The number of hydrogen-bond acceptors (Lipinski definition) is 5. The number of aromatic nitrogens is 3. The highest BCUT2D eigenvalue weighted by molar-refractivity contribution is 5.83. The molecule has 0 saturated carbocycles. The average molecular weight is 337 g/mol. The van der Waals surface area contributed by atoms with Gasteiger partial charge in [0, 0.05) is 36.3 Å². The Morgan fingerprint density at radius 3 is 3.12 bits per heavy atom. The Morgan fingerprint density at radius 1 is 1.28 bits per heavy atom. The van der Waals surface area contributed by atoms with Crippen molar-refractivity contribution in [3.63, 3.8) is 0 Å². The van der Waals surface area contributed by atoms with E-state index < -0.39 is 0 Å². The molecule has 1 atom stereocenters. The van der Waals surface area contributed by atoms with Gasteiger partial charge >= 0.3 is 0 Å². The highest BCUT2D eigenvalue weighted by Gasteiger charge is 2.25. The van der Waals surface area contributed by atoms with Crippen LogP contribution in [0.4, 0.5) is 11.6 Å². The van der Waals surface area contributed by atoms with Crippen LogP contribution in [0.2, 0.25) is 0 Å². The number of rotatable bonds is 6. The zero-order valence-electron chi connectivity index (χ0n) is 14.2. The van der Waals surface area contributed by atoms with Gasteiger partial charge in [0.25, 0.3) is 0 Å². The summed E-state index contributed by atoms with van der Waals surface area (Å²) in [4.78, 5) is 14.2. The summed E-state index contributed by atoms with van der Waals surface area (Å²) in [5, 5.41) is 14.2. The predicted molar refractivity (Wildman–Crippen MR) is 100.0 cm³/mol. The number of aliphatic hydroxyl groups excluding tert-OH is 1. The van der Waals surface area contributed by atoms with E-state index in [-0.39, 0.29) is 12.6 Å². The molecule has 0 amide bonds. The number of para-hydroxylation sites is 1. The van der Waals surface area contributed by atoms with Crippen LogP contribution in [0.3, 0.4) is 0 Å². The van der Waals surface area contributed by atoms with Crippen molar-refractivity contribution in [1.82, 2.24) is 15.0 Å². The largest absolute Gasteiger partial charge is 0.394 e. The van der Waals surface area contributed by atoms with Gasteiger partial charge in [0.05, 0.1) is 12.6 Å². The fourth-order valence-electron chi connectivity index (χ4n) is 3.59. The van der Waals surface area contributed by atoms with Gasteiger partial charge in [-0.25, -0.2) is 9.97 Å². The van der Waals surface area contributed by atoms with E-state index in [1.165, 1.54) is 16.5 Å². The lowest BCUT2D eigenvalue weighted by molar-refractivity contribution is 0.266. The number of nitrogens with zero attached hydrogens (tertiary/aromatic N) is 3. The molecular formula is C19H23N5O. The monoisotopic (exact) mass is 337 g/mol. The zero-order valence-corrected chi connectivity index (χ0v) is 14.2. The van der Waals surface area contributed by atoms with Gasteiger partial charge in [-0.2, -0.15) is 0 Å². The van der Waals surface area contributed by atoms with Crippen LogP contribution in [0, 0.1) is 0 Å². The summed E-state index contributed by atoms with van der Waals surface area (Å²) in [5.74, 6) is 1.72. The summed E-state index contributed by atoms with van der Waals surface area (Å²) < 4.78 is 0. The first-order chi connectivity index (χ1) is 12.3. The van der Waals surface area contributed by atoms with Gasteiger partial charge in [0.15, 0.2) is 0 Å². The van der Waals surface area contributed by atoms with Crippen molar-refractivity contribution in [1.29, 1.82) is 0 Å². The fourth-order valence-corrected chi connectivity index (χ4v) is 3.59. The normalized spacial score (nSPS) is 17.3. The van der Waals surface area contributed by atoms with Gasteiger partial charge in [-0.05, 0) is 30.9 Å². The molecule has 0 radical (unpaired) electrons. The summed E-state index contributed by atoms with van der Waals surface area (Å²) in [6.45, 7) is 1.92. The maximum Gasteiger partial charge on any atom is 0.134 e. The quantitative estimate of drug-likeness (QED) is 0.644. The van der Waals surface area contributed by atoms with E-state index in [0.29, 0.717) is 0 Å². The maximum atomic E-state index is 9.50. The SMILES string of the molecule is OC[C@@H]1CCCN1c1cc(NCCc2c[nH]c3ccccc23)ncn1. The summed E-state index contributed by atoms with van der Waals surface area (Å²) in [6, 6.07) is 10.5. The number of nitrogens with one attached hydrogen (secondary N) is 2. The molecule has 3 aromatic rings. The van der Waals surface area contributed by atoms with E-state index in [9.17, 15) is 5.11 Å². The summed E-state index contributed by atoms with van der Waals surface area (Å²) in [5.41, 5.74) is 2.48. The van der Waals surface area contributed by atoms with Crippen molar-refractivity contribution in [3.8, 4) is 0 Å². The summed E-state index contributed by atoms with van der Waals surface area (Å²) in [6.07, 6.45) is 6.71. The minimum atomic E-state index is 0.174. The van der Waals surface area contributed by atoms with Crippen LogP contribution in [0.5, 0.6) is 0 Å². The van der Waals surface area contributed by atoms with Crippen molar-refractivity contribution in [3.05, 3.63) is 48.4 Å². The number of anilines is 2. The molecule has 1 aliphatic heterocycles. The lowest BCUT2D eigenvalue weighted by Crippen LogP contribution is -2.32. The minimum absolute atomic E-state index is 0.174. The van der Waals surface area contributed by atoms with Gasteiger partial charge in [0.1, 0.15) is 18.0 Å². The molecule has 1 aromatic carbocycles. The smallest absolute Gasteiger partial charge is 0.134 e. The van der Waals surface area contributed by atoms with Crippen LogP contribution in [0.15, 0.2) is 42.9 Å². The lowest BCUT2D eigenvalue weighted by Gasteiger charge is -2.24. The molecule has 1 fully saturated rings. The molecule has 6 nitrogen and oxygen atoms in total. The van der Waals surface area contributed by atoms with Crippen LogP contribution in [0.1, 0.15) is 18.4 Å². The molecule has 0 bridgehead atoms. The number of fused-ring (bicyclic) bond motifs is 1. The van der Waals surface area contributed by atoms with Gasteiger partial charge in [-0.1, -0.05) is 18.2 Å². The molecule has 0 spiro atoms. The lowest BCUT2D eigenvalue weighted by atomic mass is 10.1. The predicted octanol–water partition coefficient (Wildman–Crippen LogP) is 2.57. The Bertz CT molecular complexity index is 846. The third-order valence-electron chi connectivity index (χ3n) is 4.91. The first-order valence-electron chi connectivity index (χ1n) is 8.83. The van der Waals surface area contributed by atoms with Crippen LogP contribution in [-0.2, 0) is 6.42 Å². The standard InChI is InChI=1S/C19H23N5O/c25-12-15-4-3-9-24(15)19-10-18(22-13-23-19)20-8-7-14-11-21-17-6-2-1-5-16(14)17/h1-2,5-6,10-11,13,15,21,25H,3-4,7-9,12H2,(H,20,22,23)/t15-/m0/s1. The molecule has 1 saturated heterocycles. The third kappa shape index (κ3) is 3.30. The molecule has 4 rings (SSSR count). The van der Waals surface area contributed by atoms with Crippen molar-refractivity contribution < 1.29 is 5.11 Å². The number of benzene rings is 1. The Kier molecular flexibility index (Phi) is 4.52. The average Bonchev–Trinajstić information content (AvgIpc) is 3.29. The molecule has 0 aliphatic carbocycles. The number of hydrogen-bond donors (Lipinski definition) is 3. The second-order valence-corrected chi connectivity index (χ2v) is 6.47. The maximum absolute atomic E-state index is 9.50. The first-order valence-corrected chi connectivity index (χ1v) is 8.83. The first kappa shape index (κ1) is 15.9. The van der Waals surface area contributed by atoms with Crippen LogP contribution in [-0.4, -0.2) is 45.8 Å². The number of H-pyrrole nitrogens is 1. The van der Waals surface area contributed by atoms with Gasteiger partial charge in [-0.15, -0.1) is 0 Å². The minimum Gasteiger partial charge on any atom is -0.394 e. The Hall–Kier alpha value is -2.60. The van der Waals surface area contributed by atoms with E-state index in [1.54, 1.807) is 6.33 Å². The molecule has 6 heteroatoms. The molecule has 3 N–H and O–H groups in total. The van der Waals surface area contributed by atoms with Gasteiger partial charge < -0.3 is 20.3 Å². The number of aromatic amines is 1. The van der Waals surface area contributed by atoms with Crippen molar-refractivity contribution in [2.24, 2.45) is 0 Å². The van der Waals surface area contributed by atoms with Crippen molar-refractivity contribution >= 4 is 22.5 Å².